The van der Waals surface area contributed by atoms with E-state index in [0.717, 1.165) is 39.1 Å². The summed E-state index contributed by atoms with van der Waals surface area (Å²) in [5, 5.41) is 14.5. The predicted molar refractivity (Wildman–Crippen MR) is 208 cm³/mol. The smallest absolute Gasteiger partial charge is 0.305 e. The van der Waals surface area contributed by atoms with Crippen LogP contribution >= 0.6 is 0 Å². The van der Waals surface area contributed by atoms with Crippen LogP contribution in [0.5, 0.6) is 5.75 Å². The number of carbonyl (C=O) groups excluding carboxylic acids is 2. The van der Waals surface area contributed by atoms with Crippen LogP contribution < -0.4 is 15.4 Å². The number of nitrogens with zero attached hydrogens (tertiary/aromatic N) is 2. The highest BCUT2D eigenvalue weighted by Gasteiger charge is 2.23. The first kappa shape index (κ1) is 38.4. The summed E-state index contributed by atoms with van der Waals surface area (Å²) in [6, 6.07) is 30.2. The van der Waals surface area contributed by atoms with Crippen LogP contribution in [0.4, 0.5) is 0 Å². The highest BCUT2D eigenvalue weighted by atomic mass is 16.5. The number of aliphatic carboxylic acids is 1. The topological polar surface area (TPSA) is 131 Å². The second-order valence-electron chi connectivity index (χ2n) is 15.2. The third-order valence-electron chi connectivity index (χ3n) is 8.99. The van der Waals surface area contributed by atoms with Gasteiger partial charge in [-0.2, -0.15) is 0 Å². The molecular formula is C44H48N4O5. The Labute approximate surface area is 311 Å². The maximum Gasteiger partial charge on any atom is 0.305 e. The van der Waals surface area contributed by atoms with Crippen molar-refractivity contribution in [3.8, 4) is 28.3 Å². The van der Waals surface area contributed by atoms with E-state index >= 15 is 0 Å². The first-order valence-corrected chi connectivity index (χ1v) is 17.8. The lowest BCUT2D eigenvalue weighted by molar-refractivity contribution is -0.137. The number of rotatable bonds is 13. The molecule has 1 aromatic heterocycles. The minimum atomic E-state index is -1.02. The van der Waals surface area contributed by atoms with Gasteiger partial charge in [-0.1, -0.05) is 114 Å². The van der Waals surface area contributed by atoms with Crippen LogP contribution in [0, 0.1) is 0 Å². The van der Waals surface area contributed by atoms with Gasteiger partial charge in [-0.25, -0.2) is 9.97 Å². The van der Waals surface area contributed by atoms with Crippen LogP contribution in [0.15, 0.2) is 109 Å². The zero-order valence-electron chi connectivity index (χ0n) is 31.3. The van der Waals surface area contributed by atoms with E-state index in [1.165, 1.54) is 5.56 Å². The predicted octanol–water partition coefficient (Wildman–Crippen LogP) is 7.92. The molecule has 1 heterocycles. The number of carbonyl (C=O) groups is 3. The summed E-state index contributed by atoms with van der Waals surface area (Å²) in [5.41, 5.74) is 7.40. The molecule has 9 nitrogen and oxygen atoms in total. The highest BCUT2D eigenvalue weighted by Crippen LogP contribution is 2.26. The van der Waals surface area contributed by atoms with Crippen LogP contribution in [0.3, 0.4) is 0 Å². The standard InChI is InChI=1S/C44H48N4O5/c1-43(2,3)35-17-9-30(10-18-35)28-53-37-21-15-31(16-22-37)34-26-46-40(47-27-34)32-11-7-29(8-12-32)25-38(42(52)45-24-23-39(49)50)48-41(51)33-13-19-36(20-14-33)44(4,5)6/h7-22,26-27,38H,23-25,28H2,1-6H3,(H,45,52)(H,48,51)(H,49,50). The molecule has 0 fully saturated rings. The number of hydrogen-bond acceptors (Lipinski definition) is 6. The van der Waals surface area contributed by atoms with Crippen molar-refractivity contribution >= 4 is 17.8 Å². The summed E-state index contributed by atoms with van der Waals surface area (Å²) in [5.74, 6) is -0.543. The molecule has 1 atom stereocenters. The first-order valence-electron chi connectivity index (χ1n) is 17.8. The van der Waals surface area contributed by atoms with E-state index in [4.69, 9.17) is 9.84 Å². The van der Waals surface area contributed by atoms with Crippen molar-refractivity contribution in [1.29, 1.82) is 0 Å². The molecule has 5 rings (SSSR count). The Bertz CT molecular complexity index is 1990. The van der Waals surface area contributed by atoms with E-state index in [1.54, 1.807) is 24.5 Å². The normalized spacial score (nSPS) is 12.1. The minimum Gasteiger partial charge on any atom is -0.489 e. The molecule has 0 aliphatic rings. The van der Waals surface area contributed by atoms with Gasteiger partial charge in [-0.15, -0.1) is 0 Å². The summed E-state index contributed by atoms with van der Waals surface area (Å²) < 4.78 is 6.02. The van der Waals surface area contributed by atoms with Crippen molar-refractivity contribution in [2.75, 3.05) is 6.54 Å². The van der Waals surface area contributed by atoms with Gasteiger partial charge in [0, 0.05) is 42.0 Å². The lowest BCUT2D eigenvalue weighted by atomic mass is 9.86. The van der Waals surface area contributed by atoms with Gasteiger partial charge in [0.25, 0.3) is 5.91 Å². The summed E-state index contributed by atoms with van der Waals surface area (Å²) in [6.45, 7) is 13.3. The number of benzene rings is 4. The van der Waals surface area contributed by atoms with Gasteiger partial charge in [-0.3, -0.25) is 14.4 Å². The van der Waals surface area contributed by atoms with Crippen LogP contribution in [0.25, 0.3) is 22.5 Å². The maximum atomic E-state index is 13.2. The van der Waals surface area contributed by atoms with E-state index in [2.05, 4.69) is 86.4 Å². The fourth-order valence-corrected chi connectivity index (χ4v) is 5.65. The Morgan fingerprint density at radius 2 is 1.21 bits per heavy atom. The van der Waals surface area contributed by atoms with Gasteiger partial charge < -0.3 is 20.5 Å². The van der Waals surface area contributed by atoms with Crippen molar-refractivity contribution in [3.05, 3.63) is 137 Å². The third kappa shape index (κ3) is 10.8. The number of ether oxygens (including phenoxy) is 1. The van der Waals surface area contributed by atoms with Gasteiger partial charge in [0.1, 0.15) is 18.4 Å². The second-order valence-corrected chi connectivity index (χ2v) is 15.2. The summed E-state index contributed by atoms with van der Waals surface area (Å²) >= 11 is 0. The molecule has 1 unspecified atom stereocenters. The Balaban J connectivity index is 1.20. The molecule has 274 valence electrons. The van der Waals surface area contributed by atoms with Crippen molar-refractivity contribution in [2.45, 2.75) is 77.9 Å². The SMILES string of the molecule is CC(C)(C)c1ccc(COc2ccc(-c3cnc(-c4ccc(CC(NC(=O)c5ccc(C(C)(C)C)cc5)C(=O)NCCC(=O)O)cc4)nc3)cc2)cc1. The number of carboxylic acid groups (broad SMARTS) is 1. The average molecular weight is 713 g/mol. The van der Waals surface area contributed by atoms with E-state index in [-0.39, 0.29) is 30.2 Å². The van der Waals surface area contributed by atoms with Gasteiger partial charge in [0.05, 0.1) is 6.42 Å². The Hall–Kier alpha value is -5.83. The van der Waals surface area contributed by atoms with Crippen molar-refractivity contribution in [2.24, 2.45) is 0 Å². The maximum absolute atomic E-state index is 13.2. The number of nitrogens with one attached hydrogen (secondary N) is 2. The molecule has 9 heteroatoms. The van der Waals surface area contributed by atoms with Gasteiger partial charge in [-0.05, 0) is 62.9 Å². The average Bonchev–Trinajstić information content (AvgIpc) is 3.13. The van der Waals surface area contributed by atoms with Crippen LogP contribution in [0.2, 0.25) is 0 Å². The van der Waals surface area contributed by atoms with Gasteiger partial charge in [0.2, 0.25) is 5.91 Å². The van der Waals surface area contributed by atoms with Crippen LogP contribution in [-0.2, 0) is 33.4 Å². The van der Waals surface area contributed by atoms with Crippen LogP contribution in [0.1, 0.15) is 80.6 Å². The van der Waals surface area contributed by atoms with E-state index in [1.807, 2.05) is 60.7 Å². The number of carboxylic acids is 1. The fourth-order valence-electron chi connectivity index (χ4n) is 5.65. The Morgan fingerprint density at radius 3 is 1.75 bits per heavy atom. The van der Waals surface area contributed by atoms with Crippen molar-refractivity contribution in [1.82, 2.24) is 20.6 Å². The van der Waals surface area contributed by atoms with Crippen molar-refractivity contribution in [3.63, 3.8) is 0 Å². The molecule has 0 aliphatic carbocycles. The molecule has 0 saturated heterocycles. The summed E-state index contributed by atoms with van der Waals surface area (Å²) in [6.07, 6.45) is 3.54. The first-order chi connectivity index (χ1) is 25.2. The highest BCUT2D eigenvalue weighted by molar-refractivity contribution is 5.97. The van der Waals surface area contributed by atoms with Crippen molar-refractivity contribution < 1.29 is 24.2 Å². The zero-order chi connectivity index (χ0) is 38.2. The molecule has 0 spiro atoms. The fraction of sp³-hybridized carbons (Fsp3) is 0.295. The Kier molecular flexibility index (Phi) is 12.1. The third-order valence-corrected chi connectivity index (χ3v) is 8.99. The molecule has 0 radical (unpaired) electrons. The molecule has 0 aliphatic heterocycles. The molecule has 4 aromatic carbocycles. The lowest BCUT2D eigenvalue weighted by Crippen LogP contribution is -2.48. The van der Waals surface area contributed by atoms with E-state index in [9.17, 15) is 14.4 Å². The van der Waals surface area contributed by atoms with E-state index in [0.29, 0.717) is 18.0 Å². The minimum absolute atomic E-state index is 0.0437. The molecule has 3 N–H and O–H groups in total. The Morgan fingerprint density at radius 1 is 0.679 bits per heavy atom. The summed E-state index contributed by atoms with van der Waals surface area (Å²) in [7, 11) is 0. The number of amides is 2. The monoisotopic (exact) mass is 712 g/mol. The van der Waals surface area contributed by atoms with Gasteiger partial charge in [0.15, 0.2) is 5.82 Å². The largest absolute Gasteiger partial charge is 0.489 e. The molecule has 5 aromatic rings. The van der Waals surface area contributed by atoms with E-state index < -0.39 is 23.8 Å². The molecular weight excluding hydrogens is 665 g/mol. The van der Waals surface area contributed by atoms with Gasteiger partial charge >= 0.3 is 5.97 Å². The number of hydrogen-bond donors (Lipinski definition) is 3. The van der Waals surface area contributed by atoms with Crippen LogP contribution in [-0.4, -0.2) is 45.4 Å². The molecule has 0 bridgehead atoms. The molecule has 2 amide bonds. The molecule has 53 heavy (non-hydrogen) atoms. The summed E-state index contributed by atoms with van der Waals surface area (Å²) in [4.78, 5) is 46.5. The molecule has 0 saturated carbocycles. The lowest BCUT2D eigenvalue weighted by Gasteiger charge is -2.20. The second kappa shape index (κ2) is 16.7. The zero-order valence-corrected chi connectivity index (χ0v) is 31.3. The quantitative estimate of drug-likeness (QED) is 0.113. The number of aromatic nitrogens is 2.